The number of nitrogens with one attached hydrogen (secondary N) is 1. The van der Waals surface area contributed by atoms with Crippen LogP contribution in [0.5, 0.6) is 0 Å². The number of pyridine rings is 1. The number of hydrogen-bond donors (Lipinski definition) is 2. The number of rotatable bonds is 6. The molecule has 8 nitrogen and oxygen atoms in total. The van der Waals surface area contributed by atoms with E-state index in [1.54, 1.807) is 18.2 Å². The van der Waals surface area contributed by atoms with Crippen LogP contribution in [0.4, 0.5) is 17.3 Å². The van der Waals surface area contributed by atoms with E-state index in [9.17, 15) is 18.3 Å². The maximum atomic E-state index is 13.4. The molecule has 1 aromatic carbocycles. The van der Waals surface area contributed by atoms with E-state index in [4.69, 9.17) is 0 Å². The highest BCUT2D eigenvalue weighted by Gasteiger charge is 2.44. The van der Waals surface area contributed by atoms with E-state index < -0.39 is 9.84 Å². The number of carbonyl (C=O) groups excluding carboxylic acids is 1. The van der Waals surface area contributed by atoms with Crippen LogP contribution >= 0.6 is 0 Å². The largest absolute Gasteiger partial charge is 0.391 e. The van der Waals surface area contributed by atoms with Crippen LogP contribution in [0.2, 0.25) is 0 Å². The molecule has 2 aliphatic heterocycles. The molecule has 9 heteroatoms. The minimum Gasteiger partial charge on any atom is -0.391 e. The topological polar surface area (TPSA) is 103 Å². The summed E-state index contributed by atoms with van der Waals surface area (Å²) in [5.74, 6) is 0.872. The first-order valence-corrected chi connectivity index (χ1v) is 14.5. The fourth-order valence-electron chi connectivity index (χ4n) is 5.34. The van der Waals surface area contributed by atoms with Gasteiger partial charge in [-0.3, -0.25) is 4.79 Å². The fraction of sp³-hybridized carbons (Fsp3) is 0.538. The van der Waals surface area contributed by atoms with Crippen molar-refractivity contribution in [2.75, 3.05) is 47.6 Å². The number of hydrogen-bond acceptors (Lipinski definition) is 7. The van der Waals surface area contributed by atoms with Crippen LogP contribution in [0.3, 0.4) is 0 Å². The molecule has 1 aliphatic carbocycles. The van der Waals surface area contributed by atoms with Gasteiger partial charge in [-0.25, -0.2) is 13.4 Å². The number of benzene rings is 1. The van der Waals surface area contributed by atoms with Crippen molar-refractivity contribution in [2.45, 2.75) is 50.4 Å². The average Bonchev–Trinajstić information content (AvgIpc) is 3.57. The van der Waals surface area contributed by atoms with Crippen molar-refractivity contribution in [3.63, 3.8) is 0 Å². The number of β-amino-alcohol motifs (C(OH)–C–C–N with tert-alkyl or cyclic N) is 1. The lowest BCUT2D eigenvalue weighted by Crippen LogP contribution is -2.38. The van der Waals surface area contributed by atoms with Gasteiger partial charge in [0.25, 0.3) is 5.91 Å². The zero-order valence-corrected chi connectivity index (χ0v) is 21.1. The number of nitrogens with zero attached hydrogens (tertiary/aromatic N) is 3. The first-order valence-electron chi connectivity index (χ1n) is 12.5. The second-order valence-corrected chi connectivity index (χ2v) is 12.6. The maximum absolute atomic E-state index is 13.4. The third-order valence-corrected chi connectivity index (χ3v) is 8.41. The van der Waals surface area contributed by atoms with Gasteiger partial charge >= 0.3 is 0 Å². The standard InChI is InChI=1S/C26H34N4O4S/c1-35(33,34)18-19-7-8-21(22(16-19)29-14-11-26(9-10-26)12-15-29)25(32)28-23-5-2-6-24(27-23)30-13-3-4-20(31)17-30/h2,5-8,16,20,31H,3-4,9-15,17-18H2,1H3,(H,27,28,32). The molecular formula is C26H34N4O4S. The van der Waals surface area contributed by atoms with Crippen molar-refractivity contribution in [1.29, 1.82) is 0 Å². The molecule has 1 amide bonds. The molecule has 1 atom stereocenters. The van der Waals surface area contributed by atoms with E-state index in [1.165, 1.54) is 19.1 Å². The number of anilines is 3. The van der Waals surface area contributed by atoms with E-state index in [1.807, 2.05) is 23.1 Å². The first-order chi connectivity index (χ1) is 16.7. The Kier molecular flexibility index (Phi) is 6.48. The van der Waals surface area contributed by atoms with Gasteiger partial charge < -0.3 is 20.2 Å². The van der Waals surface area contributed by atoms with Gasteiger partial charge in [0.15, 0.2) is 9.84 Å². The summed E-state index contributed by atoms with van der Waals surface area (Å²) in [7, 11) is -3.19. The smallest absolute Gasteiger partial charge is 0.258 e. The van der Waals surface area contributed by atoms with E-state index >= 15 is 0 Å². The van der Waals surface area contributed by atoms with E-state index in [0.717, 1.165) is 56.8 Å². The number of piperidine rings is 2. The van der Waals surface area contributed by atoms with E-state index in [0.29, 0.717) is 28.9 Å². The molecule has 0 radical (unpaired) electrons. The Bertz CT molecular complexity index is 1200. The molecule has 5 rings (SSSR count). The highest BCUT2D eigenvalue weighted by atomic mass is 32.2. The molecule has 3 heterocycles. The minimum absolute atomic E-state index is 0.0506. The van der Waals surface area contributed by atoms with Crippen LogP contribution in [0.25, 0.3) is 0 Å². The molecule has 3 fully saturated rings. The fourth-order valence-corrected chi connectivity index (χ4v) is 6.12. The number of aromatic nitrogens is 1. The van der Waals surface area contributed by atoms with Crippen molar-refractivity contribution in [3.8, 4) is 0 Å². The van der Waals surface area contributed by atoms with Crippen LogP contribution in [0.1, 0.15) is 54.4 Å². The van der Waals surface area contributed by atoms with Gasteiger partial charge in [-0.05, 0) is 73.8 Å². The Morgan fingerprint density at radius 1 is 1.11 bits per heavy atom. The lowest BCUT2D eigenvalue weighted by molar-refractivity contribution is 0.102. The predicted octanol–water partition coefficient (Wildman–Crippen LogP) is 3.22. The summed E-state index contributed by atoms with van der Waals surface area (Å²) in [5.41, 5.74) is 2.49. The second-order valence-electron chi connectivity index (χ2n) is 10.5. The molecule has 1 unspecified atom stereocenters. The molecule has 188 valence electrons. The molecule has 0 bridgehead atoms. The van der Waals surface area contributed by atoms with Gasteiger partial charge in [0, 0.05) is 38.1 Å². The Hall–Kier alpha value is -2.65. The third-order valence-electron chi connectivity index (χ3n) is 7.55. The van der Waals surface area contributed by atoms with Gasteiger partial charge in [0.05, 0.1) is 17.4 Å². The van der Waals surface area contributed by atoms with Crippen molar-refractivity contribution in [1.82, 2.24) is 4.98 Å². The SMILES string of the molecule is CS(=O)(=O)Cc1ccc(C(=O)Nc2cccc(N3CCCC(O)C3)n2)c(N2CCC3(CC2)CC3)c1. The van der Waals surface area contributed by atoms with Crippen LogP contribution in [-0.2, 0) is 15.6 Å². The van der Waals surface area contributed by atoms with Crippen LogP contribution in [-0.4, -0.2) is 63.0 Å². The average molecular weight is 499 g/mol. The van der Waals surface area contributed by atoms with Crippen molar-refractivity contribution < 1.29 is 18.3 Å². The summed E-state index contributed by atoms with van der Waals surface area (Å²) in [4.78, 5) is 22.3. The molecule has 3 aliphatic rings. The monoisotopic (exact) mass is 498 g/mol. The number of amides is 1. The third kappa shape index (κ3) is 5.78. The molecule has 35 heavy (non-hydrogen) atoms. The summed E-state index contributed by atoms with van der Waals surface area (Å²) < 4.78 is 23.8. The number of carbonyl (C=O) groups is 1. The Balaban J connectivity index is 1.38. The van der Waals surface area contributed by atoms with Crippen molar-refractivity contribution in [2.24, 2.45) is 5.41 Å². The number of aliphatic hydroxyl groups excluding tert-OH is 1. The van der Waals surface area contributed by atoms with Crippen LogP contribution < -0.4 is 15.1 Å². The maximum Gasteiger partial charge on any atom is 0.258 e. The lowest BCUT2D eigenvalue weighted by Gasteiger charge is -2.35. The van der Waals surface area contributed by atoms with Crippen LogP contribution in [0, 0.1) is 5.41 Å². The van der Waals surface area contributed by atoms with Crippen molar-refractivity contribution in [3.05, 3.63) is 47.5 Å². The van der Waals surface area contributed by atoms with Crippen molar-refractivity contribution >= 4 is 33.1 Å². The van der Waals surface area contributed by atoms with Gasteiger partial charge in [-0.2, -0.15) is 0 Å². The number of aliphatic hydroxyl groups is 1. The number of sulfone groups is 1. The lowest BCUT2D eigenvalue weighted by atomic mass is 9.92. The second kappa shape index (κ2) is 9.43. The molecule has 2 N–H and O–H groups in total. The summed E-state index contributed by atoms with van der Waals surface area (Å²) >= 11 is 0. The molecule has 2 aromatic rings. The van der Waals surface area contributed by atoms with Gasteiger partial charge in [-0.1, -0.05) is 12.1 Å². The molecule has 2 saturated heterocycles. The summed E-state index contributed by atoms with van der Waals surface area (Å²) in [6.07, 6.45) is 7.35. The summed E-state index contributed by atoms with van der Waals surface area (Å²) in [6, 6.07) is 10.8. The minimum atomic E-state index is -3.19. The Labute approximate surface area is 207 Å². The quantitative estimate of drug-likeness (QED) is 0.630. The molecule has 1 aromatic heterocycles. The zero-order chi connectivity index (χ0) is 24.6. The Morgan fingerprint density at radius 3 is 2.57 bits per heavy atom. The van der Waals surface area contributed by atoms with Gasteiger partial charge in [0.1, 0.15) is 11.6 Å². The first kappa shape index (κ1) is 24.1. The van der Waals surface area contributed by atoms with Crippen LogP contribution in [0.15, 0.2) is 36.4 Å². The zero-order valence-electron chi connectivity index (χ0n) is 20.2. The predicted molar refractivity (Wildman–Crippen MR) is 138 cm³/mol. The van der Waals surface area contributed by atoms with Gasteiger partial charge in [0.2, 0.25) is 0 Å². The summed E-state index contributed by atoms with van der Waals surface area (Å²) in [6.45, 7) is 3.10. The molecule has 1 saturated carbocycles. The summed E-state index contributed by atoms with van der Waals surface area (Å²) in [5, 5.41) is 12.9. The molecular weight excluding hydrogens is 464 g/mol. The highest BCUT2D eigenvalue weighted by Crippen LogP contribution is 2.54. The Morgan fingerprint density at radius 2 is 1.89 bits per heavy atom. The van der Waals surface area contributed by atoms with E-state index in [2.05, 4.69) is 15.2 Å². The normalized spacial score (nSPS) is 21.7. The highest BCUT2D eigenvalue weighted by molar-refractivity contribution is 7.89. The van der Waals surface area contributed by atoms with Gasteiger partial charge in [-0.15, -0.1) is 0 Å². The van der Waals surface area contributed by atoms with E-state index in [-0.39, 0.29) is 17.8 Å². The molecule has 1 spiro atoms.